The zero-order valence-corrected chi connectivity index (χ0v) is 20.6. The first kappa shape index (κ1) is 23.5. The van der Waals surface area contributed by atoms with Crippen LogP contribution in [0.15, 0.2) is 42.5 Å². The molecule has 0 bridgehead atoms. The standard InChI is InChI=1S/C26H27ClN2O6/c1-4-34-24(31)22-19-14-35-20-10-7-16(27)11-18(20)23(19)29-21(30)13-28(25(32)26(22,29)2)12-15-5-8-17(33-3)9-6-15/h5-11,19,22-23H,4,12-14H2,1-3H3/t19-,22-,23+,26-/m1/s1. The summed E-state index contributed by atoms with van der Waals surface area (Å²) in [5.41, 5.74) is 0.139. The Kier molecular flexibility index (Phi) is 5.87. The fraction of sp³-hybridized carbons (Fsp3) is 0.423. The lowest BCUT2D eigenvalue weighted by Crippen LogP contribution is -2.67. The van der Waals surface area contributed by atoms with Gasteiger partial charge in [-0.2, -0.15) is 0 Å². The van der Waals surface area contributed by atoms with Crippen LogP contribution in [0.25, 0.3) is 0 Å². The molecule has 4 atom stereocenters. The molecule has 0 unspecified atom stereocenters. The van der Waals surface area contributed by atoms with Crippen molar-refractivity contribution in [2.75, 3.05) is 26.9 Å². The van der Waals surface area contributed by atoms with Crippen molar-refractivity contribution in [1.29, 1.82) is 0 Å². The third-order valence-electron chi connectivity index (χ3n) is 7.33. The van der Waals surface area contributed by atoms with E-state index in [1.165, 1.54) is 4.90 Å². The molecule has 3 heterocycles. The number of ether oxygens (including phenoxy) is 3. The number of amides is 2. The van der Waals surface area contributed by atoms with Crippen molar-refractivity contribution < 1.29 is 28.6 Å². The lowest BCUT2D eigenvalue weighted by Gasteiger charge is -2.47. The predicted octanol–water partition coefficient (Wildman–Crippen LogP) is 3.22. The van der Waals surface area contributed by atoms with E-state index in [2.05, 4.69) is 0 Å². The quantitative estimate of drug-likeness (QED) is 0.588. The van der Waals surface area contributed by atoms with Crippen molar-refractivity contribution in [2.45, 2.75) is 32.0 Å². The van der Waals surface area contributed by atoms with Gasteiger partial charge in [-0.3, -0.25) is 14.4 Å². The van der Waals surface area contributed by atoms with Gasteiger partial charge < -0.3 is 24.0 Å². The molecule has 0 spiro atoms. The van der Waals surface area contributed by atoms with Crippen LogP contribution in [0.2, 0.25) is 5.02 Å². The van der Waals surface area contributed by atoms with Crippen LogP contribution in [0.1, 0.15) is 31.0 Å². The van der Waals surface area contributed by atoms with Crippen molar-refractivity contribution in [3.05, 3.63) is 58.6 Å². The molecule has 35 heavy (non-hydrogen) atoms. The van der Waals surface area contributed by atoms with Gasteiger partial charge in [-0.25, -0.2) is 0 Å². The van der Waals surface area contributed by atoms with Gasteiger partial charge in [-0.1, -0.05) is 23.7 Å². The number of carbonyl (C=O) groups excluding carboxylic acids is 3. The zero-order chi connectivity index (χ0) is 24.9. The predicted molar refractivity (Wildman–Crippen MR) is 127 cm³/mol. The lowest BCUT2D eigenvalue weighted by molar-refractivity contribution is -0.170. The molecule has 2 aromatic carbocycles. The van der Waals surface area contributed by atoms with E-state index in [0.29, 0.717) is 22.1 Å². The second-order valence-electron chi connectivity index (χ2n) is 9.25. The van der Waals surface area contributed by atoms with Crippen LogP contribution < -0.4 is 9.47 Å². The molecule has 8 nitrogen and oxygen atoms in total. The number of rotatable bonds is 5. The molecule has 0 aromatic heterocycles. The van der Waals surface area contributed by atoms with Gasteiger partial charge >= 0.3 is 5.97 Å². The monoisotopic (exact) mass is 498 g/mol. The molecule has 2 amide bonds. The maximum atomic E-state index is 14.1. The highest BCUT2D eigenvalue weighted by molar-refractivity contribution is 6.30. The van der Waals surface area contributed by atoms with E-state index in [-0.39, 0.29) is 38.1 Å². The largest absolute Gasteiger partial charge is 0.497 e. The molecule has 0 N–H and O–H groups in total. The second kappa shape index (κ2) is 8.75. The molecular formula is C26H27ClN2O6. The van der Waals surface area contributed by atoms with Gasteiger partial charge in [0.25, 0.3) is 0 Å². The van der Waals surface area contributed by atoms with E-state index in [0.717, 1.165) is 5.56 Å². The summed E-state index contributed by atoms with van der Waals surface area (Å²) < 4.78 is 16.6. The van der Waals surface area contributed by atoms with Gasteiger partial charge in [-0.15, -0.1) is 0 Å². The smallest absolute Gasteiger partial charge is 0.312 e. The van der Waals surface area contributed by atoms with Crippen molar-refractivity contribution in [3.8, 4) is 11.5 Å². The number of halogens is 1. The molecule has 0 aliphatic carbocycles. The summed E-state index contributed by atoms with van der Waals surface area (Å²) in [4.78, 5) is 44.2. The van der Waals surface area contributed by atoms with E-state index in [1.807, 2.05) is 24.3 Å². The number of benzene rings is 2. The van der Waals surface area contributed by atoms with E-state index in [9.17, 15) is 14.4 Å². The van der Waals surface area contributed by atoms with E-state index >= 15 is 0 Å². The topological polar surface area (TPSA) is 85.4 Å². The minimum Gasteiger partial charge on any atom is -0.497 e. The number of esters is 1. The van der Waals surface area contributed by atoms with Crippen molar-refractivity contribution in [2.24, 2.45) is 11.8 Å². The SMILES string of the molecule is CCOC(=O)[C@H]1[C@H]2COc3ccc(Cl)cc3[C@@H]2N2C(=O)CN(Cc3ccc(OC)cc3)C(=O)[C@@]12C. The molecular weight excluding hydrogens is 472 g/mol. The molecule has 3 aliphatic rings. The van der Waals surface area contributed by atoms with E-state index < -0.39 is 29.4 Å². The molecule has 184 valence electrons. The molecule has 0 radical (unpaired) electrons. The summed E-state index contributed by atoms with van der Waals surface area (Å²) in [5.74, 6) is -1.04. The second-order valence-corrected chi connectivity index (χ2v) is 9.69. The summed E-state index contributed by atoms with van der Waals surface area (Å²) in [6.45, 7) is 3.91. The van der Waals surface area contributed by atoms with Crippen LogP contribution in [-0.4, -0.2) is 60.0 Å². The number of hydrogen-bond donors (Lipinski definition) is 0. The highest BCUT2D eigenvalue weighted by Gasteiger charge is 2.69. The van der Waals surface area contributed by atoms with Gasteiger partial charge in [0.2, 0.25) is 11.8 Å². The third kappa shape index (κ3) is 3.62. The van der Waals surface area contributed by atoms with E-state index in [4.69, 9.17) is 25.8 Å². The summed E-state index contributed by atoms with van der Waals surface area (Å²) in [5, 5.41) is 0.492. The Morgan fingerprint density at radius 1 is 1.20 bits per heavy atom. The number of methoxy groups -OCH3 is 1. The molecule has 0 saturated carbocycles. The molecule has 5 rings (SSSR count). The van der Waals surface area contributed by atoms with Gasteiger partial charge in [0.05, 0.1) is 32.3 Å². The molecule has 3 aliphatic heterocycles. The number of piperazine rings is 1. The molecule has 2 aromatic rings. The van der Waals surface area contributed by atoms with Gasteiger partial charge in [0, 0.05) is 23.0 Å². The minimum atomic E-state index is -1.42. The Labute approximate surface area is 208 Å². The first-order valence-corrected chi connectivity index (χ1v) is 12.0. The number of carbonyl (C=O) groups is 3. The van der Waals surface area contributed by atoms with Crippen LogP contribution in [0, 0.1) is 11.8 Å². The van der Waals surface area contributed by atoms with Gasteiger partial charge in [0.15, 0.2) is 0 Å². The van der Waals surface area contributed by atoms with Crippen molar-refractivity contribution in [1.82, 2.24) is 9.80 Å². The molecule has 9 heteroatoms. The minimum absolute atomic E-state index is 0.0873. The first-order valence-electron chi connectivity index (χ1n) is 11.6. The lowest BCUT2D eigenvalue weighted by atomic mass is 9.77. The Hall–Kier alpha value is -3.26. The normalized spacial score (nSPS) is 27.0. The summed E-state index contributed by atoms with van der Waals surface area (Å²) in [6, 6.07) is 12.0. The highest BCUT2D eigenvalue weighted by Crippen LogP contribution is 2.57. The Balaban J connectivity index is 1.57. The third-order valence-corrected chi connectivity index (χ3v) is 7.56. The fourth-order valence-electron chi connectivity index (χ4n) is 5.85. The number of fused-ring (bicyclic) bond motifs is 5. The van der Waals surface area contributed by atoms with Crippen LogP contribution in [0.4, 0.5) is 0 Å². The molecule has 2 fully saturated rings. The average Bonchev–Trinajstić information content (AvgIpc) is 3.13. The fourth-order valence-corrected chi connectivity index (χ4v) is 6.03. The highest BCUT2D eigenvalue weighted by atomic mass is 35.5. The van der Waals surface area contributed by atoms with Gasteiger partial charge in [0.1, 0.15) is 23.6 Å². The van der Waals surface area contributed by atoms with Crippen molar-refractivity contribution >= 4 is 29.4 Å². The summed E-state index contributed by atoms with van der Waals surface area (Å²) >= 11 is 6.29. The number of nitrogens with zero attached hydrogens (tertiary/aromatic N) is 2. The summed E-state index contributed by atoms with van der Waals surface area (Å²) in [6.07, 6.45) is 0. The molecule has 2 saturated heterocycles. The van der Waals surface area contributed by atoms with Crippen molar-refractivity contribution in [3.63, 3.8) is 0 Å². The van der Waals surface area contributed by atoms with Crippen LogP contribution in [0.5, 0.6) is 11.5 Å². The summed E-state index contributed by atoms with van der Waals surface area (Å²) in [7, 11) is 1.58. The zero-order valence-electron chi connectivity index (χ0n) is 19.8. The maximum Gasteiger partial charge on any atom is 0.312 e. The maximum absolute atomic E-state index is 14.1. The van der Waals surface area contributed by atoms with Crippen LogP contribution in [0.3, 0.4) is 0 Å². The van der Waals surface area contributed by atoms with Gasteiger partial charge in [-0.05, 0) is 49.7 Å². The van der Waals surface area contributed by atoms with E-state index in [1.54, 1.807) is 44.1 Å². The Morgan fingerprint density at radius 2 is 1.94 bits per heavy atom. The average molecular weight is 499 g/mol. The van der Waals surface area contributed by atoms with Crippen LogP contribution in [-0.2, 0) is 25.7 Å². The van der Waals surface area contributed by atoms with Crippen LogP contribution >= 0.6 is 11.6 Å². The number of hydrogen-bond acceptors (Lipinski definition) is 6. The first-order chi connectivity index (χ1) is 16.8. The Morgan fingerprint density at radius 3 is 2.63 bits per heavy atom. The Bertz CT molecular complexity index is 1180.